The number of hydrogen-bond acceptors (Lipinski definition) is 4. The van der Waals surface area contributed by atoms with E-state index in [0.717, 1.165) is 24.6 Å². The molecule has 0 amide bonds. The Morgan fingerprint density at radius 3 is 2.77 bits per heavy atom. The molecule has 0 radical (unpaired) electrons. The molecule has 0 aromatic carbocycles. The topological polar surface area (TPSA) is 49.3 Å². The lowest BCUT2D eigenvalue weighted by Gasteiger charge is -2.14. The van der Waals surface area contributed by atoms with Crippen molar-refractivity contribution >= 4 is 52.6 Å². The molecular weight excluding hydrogens is 427 g/mol. The van der Waals surface area contributed by atoms with E-state index in [9.17, 15) is 0 Å². The first-order chi connectivity index (χ1) is 10.2. The third-order valence-electron chi connectivity index (χ3n) is 3.17. The van der Waals surface area contributed by atoms with Crippen molar-refractivity contribution < 1.29 is 0 Å². The molecule has 7 heteroatoms. The van der Waals surface area contributed by atoms with Crippen LogP contribution in [0.5, 0.6) is 0 Å². The van der Waals surface area contributed by atoms with Crippen LogP contribution in [0.3, 0.4) is 0 Å². The fourth-order valence-electron chi connectivity index (χ4n) is 1.91. The van der Waals surface area contributed by atoms with Crippen molar-refractivity contribution in [2.24, 2.45) is 4.99 Å². The van der Waals surface area contributed by atoms with Crippen LogP contribution in [0, 0.1) is 0 Å². The van der Waals surface area contributed by atoms with E-state index < -0.39 is 0 Å². The highest BCUT2D eigenvalue weighted by Crippen LogP contribution is 2.19. The molecule has 2 N–H and O–H groups in total. The fourth-order valence-corrected chi connectivity index (χ4v) is 3.44. The summed E-state index contributed by atoms with van der Waals surface area (Å²) in [5.74, 6) is 1.30. The normalized spacial score (nSPS) is 12.6. The van der Waals surface area contributed by atoms with E-state index in [1.165, 1.54) is 9.88 Å². The number of guanidine groups is 1. The molecule has 2 aromatic heterocycles. The molecule has 4 nitrogen and oxygen atoms in total. The van der Waals surface area contributed by atoms with Crippen LogP contribution in [0.4, 0.5) is 0 Å². The van der Waals surface area contributed by atoms with Crippen LogP contribution in [0.2, 0.25) is 0 Å². The van der Waals surface area contributed by atoms with E-state index in [-0.39, 0.29) is 24.0 Å². The number of nitrogens with zero attached hydrogens (tertiary/aromatic N) is 2. The van der Waals surface area contributed by atoms with Gasteiger partial charge in [0.1, 0.15) is 0 Å². The number of aryl methyl sites for hydroxylation is 1. The summed E-state index contributed by atoms with van der Waals surface area (Å²) >= 11 is 3.51. The van der Waals surface area contributed by atoms with Gasteiger partial charge in [-0.3, -0.25) is 4.99 Å². The molecule has 1 atom stereocenters. The monoisotopic (exact) mass is 450 g/mol. The van der Waals surface area contributed by atoms with Gasteiger partial charge in [0, 0.05) is 29.8 Å². The Labute approximate surface area is 157 Å². The summed E-state index contributed by atoms with van der Waals surface area (Å²) in [6.45, 7) is 5.93. The largest absolute Gasteiger partial charge is 0.356 e. The number of halogens is 1. The maximum Gasteiger partial charge on any atom is 0.191 e. The molecule has 0 fully saturated rings. The Balaban J connectivity index is 0.00000242. The van der Waals surface area contributed by atoms with Crippen molar-refractivity contribution in [1.82, 2.24) is 15.6 Å². The molecule has 0 saturated carbocycles. The first-order valence-electron chi connectivity index (χ1n) is 7.14. The fraction of sp³-hybridized carbons (Fsp3) is 0.467. The first kappa shape index (κ1) is 19.4. The highest BCUT2D eigenvalue weighted by atomic mass is 127. The van der Waals surface area contributed by atoms with Crippen molar-refractivity contribution in [3.8, 4) is 0 Å². The second-order valence-electron chi connectivity index (χ2n) is 4.81. The summed E-state index contributed by atoms with van der Waals surface area (Å²) in [6.07, 6.45) is 0.996. The van der Waals surface area contributed by atoms with E-state index in [1.807, 2.05) is 0 Å². The molecule has 2 rings (SSSR count). The van der Waals surface area contributed by atoms with E-state index in [1.54, 1.807) is 29.7 Å². The maximum absolute atomic E-state index is 4.55. The second-order valence-corrected chi connectivity index (χ2v) is 6.73. The average Bonchev–Trinajstić information content (AvgIpc) is 3.18. The van der Waals surface area contributed by atoms with Crippen molar-refractivity contribution in [3.63, 3.8) is 0 Å². The van der Waals surface area contributed by atoms with E-state index >= 15 is 0 Å². The number of hydrogen-bond donors (Lipinski definition) is 2. The average molecular weight is 450 g/mol. The summed E-state index contributed by atoms with van der Waals surface area (Å²) in [5.41, 5.74) is 1.08. The van der Waals surface area contributed by atoms with Gasteiger partial charge in [-0.1, -0.05) is 19.9 Å². The molecular formula is C15H23IN4S2. The smallest absolute Gasteiger partial charge is 0.191 e. The molecule has 0 aliphatic carbocycles. The highest BCUT2D eigenvalue weighted by Gasteiger charge is 2.08. The van der Waals surface area contributed by atoms with Crippen molar-refractivity contribution in [2.45, 2.75) is 32.7 Å². The van der Waals surface area contributed by atoms with E-state index in [0.29, 0.717) is 12.5 Å². The first-order valence-corrected chi connectivity index (χ1v) is 8.90. The molecule has 0 aliphatic heterocycles. The quantitative estimate of drug-likeness (QED) is 0.399. The number of aliphatic imine (C=N–C) groups is 1. The van der Waals surface area contributed by atoms with Gasteiger partial charge in [-0.15, -0.1) is 46.7 Å². The van der Waals surface area contributed by atoms with Gasteiger partial charge in [0.2, 0.25) is 0 Å². The van der Waals surface area contributed by atoms with E-state index in [4.69, 9.17) is 0 Å². The number of aromatic nitrogens is 1. The molecule has 0 aliphatic rings. The Morgan fingerprint density at radius 2 is 2.18 bits per heavy atom. The predicted octanol–water partition coefficient (Wildman–Crippen LogP) is 3.85. The van der Waals surface area contributed by atoms with Crippen molar-refractivity contribution in [1.29, 1.82) is 0 Å². The summed E-state index contributed by atoms with van der Waals surface area (Å²) in [4.78, 5) is 10.2. The standard InChI is InChI=1S/C15H22N4S2.HI/c1-4-14-19-12(10-21-14)9-18-15(16-3)17-8-11(2)13-6-5-7-20-13;/h5-7,10-11H,4,8-9H2,1-3H3,(H2,16,17,18);1H. The van der Waals surface area contributed by atoms with Crippen molar-refractivity contribution in [2.75, 3.05) is 13.6 Å². The summed E-state index contributed by atoms with van der Waals surface area (Å²) in [7, 11) is 1.80. The third kappa shape index (κ3) is 5.85. The van der Waals surface area contributed by atoms with Crippen LogP contribution in [-0.4, -0.2) is 24.5 Å². The summed E-state index contributed by atoms with van der Waals surface area (Å²) in [5, 5.41) is 12.1. The predicted molar refractivity (Wildman–Crippen MR) is 108 cm³/mol. The third-order valence-corrected chi connectivity index (χ3v) is 5.31. The lowest BCUT2D eigenvalue weighted by atomic mass is 10.1. The van der Waals surface area contributed by atoms with Gasteiger partial charge in [-0.2, -0.15) is 0 Å². The minimum atomic E-state index is 0. The SMILES string of the molecule is CCc1nc(CNC(=NC)NCC(C)c2cccs2)cs1.I. The minimum Gasteiger partial charge on any atom is -0.356 e. The van der Waals surface area contributed by atoms with Crippen LogP contribution >= 0.6 is 46.7 Å². The van der Waals surface area contributed by atoms with Gasteiger partial charge in [-0.05, 0) is 17.9 Å². The highest BCUT2D eigenvalue weighted by molar-refractivity contribution is 14.0. The lowest BCUT2D eigenvalue weighted by Crippen LogP contribution is -2.38. The molecule has 22 heavy (non-hydrogen) atoms. The Kier molecular flexibility index (Phi) is 8.96. The number of rotatable bonds is 6. The number of nitrogens with one attached hydrogen (secondary N) is 2. The van der Waals surface area contributed by atoms with Crippen LogP contribution in [0.25, 0.3) is 0 Å². The van der Waals surface area contributed by atoms with Gasteiger partial charge in [0.05, 0.1) is 17.2 Å². The minimum absolute atomic E-state index is 0. The molecule has 1 unspecified atom stereocenters. The second kappa shape index (κ2) is 10.2. The van der Waals surface area contributed by atoms with Gasteiger partial charge in [0.25, 0.3) is 0 Å². The zero-order valence-electron chi connectivity index (χ0n) is 13.1. The number of thiophene rings is 1. The van der Waals surface area contributed by atoms with Gasteiger partial charge in [0.15, 0.2) is 5.96 Å². The van der Waals surface area contributed by atoms with Gasteiger partial charge in [-0.25, -0.2) is 4.98 Å². The van der Waals surface area contributed by atoms with Gasteiger partial charge >= 0.3 is 0 Å². The van der Waals surface area contributed by atoms with Crippen LogP contribution in [0.15, 0.2) is 27.9 Å². The maximum atomic E-state index is 4.55. The number of thiazole rings is 1. The molecule has 0 saturated heterocycles. The van der Waals surface area contributed by atoms with E-state index in [2.05, 4.69) is 57.4 Å². The lowest BCUT2D eigenvalue weighted by molar-refractivity contribution is 0.706. The molecule has 0 spiro atoms. The Morgan fingerprint density at radius 1 is 1.36 bits per heavy atom. The van der Waals surface area contributed by atoms with Crippen LogP contribution < -0.4 is 10.6 Å². The molecule has 0 bridgehead atoms. The zero-order chi connectivity index (χ0) is 15.1. The molecule has 122 valence electrons. The Bertz CT molecular complexity index is 566. The van der Waals surface area contributed by atoms with Crippen molar-refractivity contribution in [3.05, 3.63) is 38.5 Å². The molecule has 2 aromatic rings. The zero-order valence-corrected chi connectivity index (χ0v) is 17.1. The summed E-state index contributed by atoms with van der Waals surface area (Å²) in [6, 6.07) is 4.27. The summed E-state index contributed by atoms with van der Waals surface area (Å²) < 4.78 is 0. The molecule has 2 heterocycles. The van der Waals surface area contributed by atoms with Crippen LogP contribution in [0.1, 0.15) is 35.3 Å². The van der Waals surface area contributed by atoms with Crippen LogP contribution in [-0.2, 0) is 13.0 Å². The Hall–Kier alpha value is -0.670. The van der Waals surface area contributed by atoms with Gasteiger partial charge < -0.3 is 10.6 Å².